The molecule has 0 spiro atoms. The summed E-state index contributed by atoms with van der Waals surface area (Å²) in [6.07, 6.45) is 6.40. The van der Waals surface area contributed by atoms with Gasteiger partial charge in [-0.1, -0.05) is 11.6 Å². The van der Waals surface area contributed by atoms with E-state index in [9.17, 15) is 4.79 Å². The van der Waals surface area contributed by atoms with Crippen molar-refractivity contribution in [2.45, 2.75) is 44.2 Å². The molecule has 3 nitrogen and oxygen atoms in total. The molecular weight excluding hydrogens is 178 g/mol. The van der Waals surface area contributed by atoms with Crippen LogP contribution < -0.4 is 5.73 Å². The number of epoxide rings is 1. The van der Waals surface area contributed by atoms with Crippen molar-refractivity contribution < 1.29 is 9.53 Å². The molecule has 2 N–H and O–H groups in total. The summed E-state index contributed by atoms with van der Waals surface area (Å²) < 4.78 is 5.09. The van der Waals surface area contributed by atoms with Crippen LogP contribution in [0.4, 0.5) is 0 Å². The quantitative estimate of drug-likeness (QED) is 0.541. The second-order valence-corrected chi connectivity index (χ2v) is 4.45. The molecule has 0 aromatic rings. The lowest BCUT2D eigenvalue weighted by Crippen LogP contribution is -2.39. The van der Waals surface area contributed by atoms with Crippen molar-refractivity contribution in [1.82, 2.24) is 0 Å². The highest BCUT2D eigenvalue weighted by Crippen LogP contribution is 2.30. The number of nitrogens with two attached hydrogens (primary N) is 1. The van der Waals surface area contributed by atoms with E-state index in [2.05, 4.69) is 6.08 Å². The third-order valence-electron chi connectivity index (χ3n) is 3.05. The Balaban J connectivity index is 1.88. The Bertz CT molecular complexity index is 279. The van der Waals surface area contributed by atoms with Crippen molar-refractivity contribution in [1.29, 1.82) is 0 Å². The zero-order chi connectivity index (χ0) is 10.2. The number of allylic oxidation sites excluding steroid dienone is 1. The molecule has 0 bridgehead atoms. The molecule has 1 aliphatic carbocycles. The largest absolute Gasteiger partial charge is 0.362 e. The standard InChI is InChI=1S/C11H17NO2/c1-11(7-14-11)10(13)9(12)6-8-4-2-3-5-8/h4,9H,2-3,5-7,12H2,1H3/t9?,11-/m1/s1. The fraction of sp³-hybridized carbons (Fsp3) is 0.727. The Morgan fingerprint density at radius 1 is 1.79 bits per heavy atom. The highest BCUT2D eigenvalue weighted by atomic mass is 16.6. The van der Waals surface area contributed by atoms with E-state index in [-0.39, 0.29) is 11.8 Å². The van der Waals surface area contributed by atoms with Crippen LogP contribution in [0.25, 0.3) is 0 Å². The average Bonchev–Trinajstić information content (AvgIpc) is 2.71. The molecule has 0 aromatic carbocycles. The normalized spacial score (nSPS) is 32.6. The zero-order valence-corrected chi connectivity index (χ0v) is 8.58. The van der Waals surface area contributed by atoms with E-state index >= 15 is 0 Å². The van der Waals surface area contributed by atoms with Gasteiger partial charge in [0.25, 0.3) is 0 Å². The smallest absolute Gasteiger partial charge is 0.183 e. The van der Waals surface area contributed by atoms with Crippen molar-refractivity contribution >= 4 is 5.78 Å². The van der Waals surface area contributed by atoms with Gasteiger partial charge in [-0.25, -0.2) is 0 Å². The summed E-state index contributed by atoms with van der Waals surface area (Å²) in [6, 6.07) is -0.369. The van der Waals surface area contributed by atoms with Crippen molar-refractivity contribution in [3.8, 4) is 0 Å². The first kappa shape index (κ1) is 9.87. The predicted molar refractivity (Wildman–Crippen MR) is 53.9 cm³/mol. The third-order valence-corrected chi connectivity index (χ3v) is 3.05. The van der Waals surface area contributed by atoms with Gasteiger partial charge in [-0.05, 0) is 32.6 Å². The first-order valence-electron chi connectivity index (χ1n) is 5.23. The van der Waals surface area contributed by atoms with Gasteiger partial charge in [-0.15, -0.1) is 0 Å². The van der Waals surface area contributed by atoms with E-state index in [0.717, 1.165) is 19.3 Å². The van der Waals surface area contributed by atoms with Crippen LogP contribution in [0.15, 0.2) is 11.6 Å². The average molecular weight is 195 g/mol. The summed E-state index contributed by atoms with van der Waals surface area (Å²) >= 11 is 0. The molecule has 0 aromatic heterocycles. The lowest BCUT2D eigenvalue weighted by Gasteiger charge is -2.13. The van der Waals surface area contributed by atoms with Crippen molar-refractivity contribution in [2.75, 3.05) is 6.61 Å². The first-order chi connectivity index (χ1) is 6.62. The highest BCUT2D eigenvalue weighted by Gasteiger charge is 2.48. The molecule has 1 unspecified atom stereocenters. The maximum Gasteiger partial charge on any atom is 0.183 e. The van der Waals surface area contributed by atoms with Crippen molar-refractivity contribution in [3.05, 3.63) is 11.6 Å². The van der Waals surface area contributed by atoms with Crippen LogP contribution in [0.5, 0.6) is 0 Å². The van der Waals surface area contributed by atoms with Gasteiger partial charge in [0.2, 0.25) is 0 Å². The van der Waals surface area contributed by atoms with E-state index in [1.165, 1.54) is 12.0 Å². The molecule has 3 heteroatoms. The number of rotatable bonds is 4. The van der Waals surface area contributed by atoms with Gasteiger partial charge in [0.05, 0.1) is 12.6 Å². The van der Waals surface area contributed by atoms with Gasteiger partial charge < -0.3 is 10.5 Å². The lowest BCUT2D eigenvalue weighted by molar-refractivity contribution is -0.124. The van der Waals surface area contributed by atoms with Crippen LogP contribution in [0.2, 0.25) is 0 Å². The number of hydrogen-bond acceptors (Lipinski definition) is 3. The molecule has 0 amide bonds. The number of carbonyl (C=O) groups is 1. The maximum atomic E-state index is 11.7. The Morgan fingerprint density at radius 2 is 2.50 bits per heavy atom. The van der Waals surface area contributed by atoms with Crippen molar-refractivity contribution in [3.63, 3.8) is 0 Å². The van der Waals surface area contributed by atoms with E-state index in [0.29, 0.717) is 6.61 Å². The molecule has 2 aliphatic rings. The van der Waals surface area contributed by atoms with E-state index in [4.69, 9.17) is 10.5 Å². The van der Waals surface area contributed by atoms with Crippen LogP contribution in [0.1, 0.15) is 32.6 Å². The fourth-order valence-electron chi connectivity index (χ4n) is 1.94. The molecule has 0 radical (unpaired) electrons. The minimum atomic E-state index is -0.557. The van der Waals surface area contributed by atoms with Crippen LogP contribution >= 0.6 is 0 Å². The lowest BCUT2D eigenvalue weighted by atomic mass is 9.95. The van der Waals surface area contributed by atoms with Gasteiger partial charge in [0.1, 0.15) is 5.60 Å². The highest BCUT2D eigenvalue weighted by molar-refractivity contribution is 5.93. The number of ketones is 1. The van der Waals surface area contributed by atoms with Crippen LogP contribution in [-0.2, 0) is 9.53 Å². The van der Waals surface area contributed by atoms with E-state index in [1.807, 2.05) is 6.92 Å². The summed E-state index contributed by atoms with van der Waals surface area (Å²) in [4.78, 5) is 11.7. The molecule has 2 rings (SSSR count). The Labute approximate surface area is 84.3 Å². The second kappa shape index (κ2) is 3.48. The topological polar surface area (TPSA) is 55.6 Å². The Morgan fingerprint density at radius 3 is 3.00 bits per heavy atom. The van der Waals surface area contributed by atoms with Crippen LogP contribution in [0, 0.1) is 0 Å². The molecular formula is C11H17NO2. The molecule has 0 saturated carbocycles. The second-order valence-electron chi connectivity index (χ2n) is 4.45. The molecule has 1 aliphatic heterocycles. The summed E-state index contributed by atoms with van der Waals surface area (Å²) in [6.45, 7) is 2.36. The predicted octanol–water partition coefficient (Wildman–Crippen LogP) is 1.17. The van der Waals surface area contributed by atoms with Crippen LogP contribution in [-0.4, -0.2) is 24.0 Å². The summed E-state index contributed by atoms with van der Waals surface area (Å²) in [5.41, 5.74) is 6.64. The monoisotopic (exact) mass is 195 g/mol. The molecule has 14 heavy (non-hydrogen) atoms. The Kier molecular flexibility index (Phi) is 2.45. The van der Waals surface area contributed by atoms with Gasteiger partial charge >= 0.3 is 0 Å². The third kappa shape index (κ3) is 1.88. The minimum Gasteiger partial charge on any atom is -0.362 e. The molecule has 2 atom stereocenters. The minimum absolute atomic E-state index is 0.0605. The van der Waals surface area contributed by atoms with Gasteiger partial charge in [0.15, 0.2) is 5.78 Å². The number of carbonyl (C=O) groups excluding carboxylic acids is 1. The molecule has 78 valence electrons. The SMILES string of the molecule is C[C@]1(C(=O)C(N)CC2=CCCC2)CO1. The van der Waals surface area contributed by atoms with Crippen LogP contribution in [0.3, 0.4) is 0 Å². The van der Waals surface area contributed by atoms with Gasteiger partial charge in [-0.2, -0.15) is 0 Å². The zero-order valence-electron chi connectivity index (χ0n) is 8.58. The Hall–Kier alpha value is -0.670. The maximum absolute atomic E-state index is 11.7. The number of Topliss-reactive ketones (excluding diaryl/α,β-unsaturated/α-hetero) is 1. The summed E-state index contributed by atoms with van der Waals surface area (Å²) in [5, 5.41) is 0. The molecule has 1 fully saturated rings. The number of hydrogen-bond donors (Lipinski definition) is 1. The van der Waals surface area contributed by atoms with Gasteiger partial charge in [0, 0.05) is 0 Å². The van der Waals surface area contributed by atoms with Gasteiger partial charge in [-0.3, -0.25) is 4.79 Å². The molecule has 1 saturated heterocycles. The van der Waals surface area contributed by atoms with E-state index in [1.54, 1.807) is 0 Å². The fourth-order valence-corrected chi connectivity index (χ4v) is 1.94. The van der Waals surface area contributed by atoms with E-state index < -0.39 is 5.60 Å². The summed E-state index contributed by atoms with van der Waals surface area (Å²) in [7, 11) is 0. The molecule has 1 heterocycles. The van der Waals surface area contributed by atoms with Crippen molar-refractivity contribution in [2.24, 2.45) is 5.73 Å². The number of ether oxygens (including phenoxy) is 1. The first-order valence-corrected chi connectivity index (χ1v) is 5.23. The summed E-state index contributed by atoms with van der Waals surface area (Å²) in [5.74, 6) is 0.0605.